The monoisotopic (exact) mass is 350 g/mol. The van der Waals surface area contributed by atoms with Gasteiger partial charge in [-0.25, -0.2) is 13.4 Å². The summed E-state index contributed by atoms with van der Waals surface area (Å²) in [7, 11) is -0.884. The number of rotatable bonds is 4. The molecule has 0 spiro atoms. The topological polar surface area (TPSA) is 125 Å². The van der Waals surface area contributed by atoms with Gasteiger partial charge < -0.3 is 14.7 Å². The van der Waals surface area contributed by atoms with Gasteiger partial charge in [0.15, 0.2) is 0 Å². The maximum absolute atomic E-state index is 12.5. The number of nitrogens with zero attached hydrogens (tertiary/aromatic N) is 5. The van der Waals surface area contributed by atoms with Gasteiger partial charge in [-0.05, 0) is 30.0 Å². The minimum Gasteiger partial charge on any atom is -0.358 e. The number of sulfonamides is 1. The third-order valence-corrected chi connectivity index (χ3v) is 4.97. The van der Waals surface area contributed by atoms with Crippen molar-refractivity contribution in [3.05, 3.63) is 40.3 Å². The Bertz CT molecular complexity index is 1070. The van der Waals surface area contributed by atoms with Crippen molar-refractivity contribution in [3.8, 4) is 0 Å². The lowest BCUT2D eigenvalue weighted by Gasteiger charge is -2.06. The molecule has 0 unspecified atom stereocenters. The van der Waals surface area contributed by atoms with Gasteiger partial charge >= 0.3 is 5.82 Å². The van der Waals surface area contributed by atoms with Gasteiger partial charge in [0.1, 0.15) is 5.82 Å². The second-order valence-corrected chi connectivity index (χ2v) is 6.93. The van der Waals surface area contributed by atoms with Crippen molar-refractivity contribution < 1.29 is 13.3 Å². The number of aromatic nitrogens is 4. The summed E-state index contributed by atoms with van der Waals surface area (Å²) in [5.74, 6) is 0.0627. The molecule has 2 aromatic heterocycles. The van der Waals surface area contributed by atoms with Crippen LogP contribution in [0.1, 0.15) is 5.82 Å². The van der Waals surface area contributed by atoms with Gasteiger partial charge in [0.2, 0.25) is 4.90 Å². The number of nitrogens with one attached hydrogen (secondary N) is 1. The third-order valence-electron chi connectivity index (χ3n) is 3.60. The van der Waals surface area contributed by atoms with E-state index in [-0.39, 0.29) is 5.69 Å². The Morgan fingerprint density at radius 2 is 2.00 bits per heavy atom. The Morgan fingerprint density at radius 3 is 2.67 bits per heavy atom. The highest BCUT2D eigenvalue weighted by Gasteiger charge is 2.30. The summed E-state index contributed by atoms with van der Waals surface area (Å²) in [5, 5.41) is 14.5. The molecule has 3 rings (SSSR count). The fourth-order valence-corrected chi connectivity index (χ4v) is 3.56. The fourth-order valence-electron chi connectivity index (χ4n) is 2.36. The molecule has 1 N–H and O–H groups in total. The van der Waals surface area contributed by atoms with Crippen molar-refractivity contribution in [2.75, 3.05) is 4.72 Å². The van der Waals surface area contributed by atoms with Gasteiger partial charge in [0, 0.05) is 7.05 Å². The molecule has 10 nitrogen and oxygen atoms in total. The first-order valence-corrected chi connectivity index (χ1v) is 8.31. The summed E-state index contributed by atoms with van der Waals surface area (Å²) >= 11 is 0. The molecule has 0 saturated carbocycles. The first-order valence-electron chi connectivity index (χ1n) is 6.83. The van der Waals surface area contributed by atoms with Crippen LogP contribution in [0.15, 0.2) is 29.3 Å². The van der Waals surface area contributed by atoms with Crippen LogP contribution in [0.25, 0.3) is 11.0 Å². The van der Waals surface area contributed by atoms with Crippen molar-refractivity contribution in [2.45, 2.75) is 11.8 Å². The van der Waals surface area contributed by atoms with E-state index in [1.807, 2.05) is 18.5 Å². The highest BCUT2D eigenvalue weighted by Crippen LogP contribution is 2.25. The lowest BCUT2D eigenvalue weighted by Crippen LogP contribution is -2.13. The molecule has 0 aliphatic heterocycles. The Kier molecular flexibility index (Phi) is 3.52. The van der Waals surface area contributed by atoms with Crippen LogP contribution in [-0.2, 0) is 24.1 Å². The Balaban J connectivity index is 2.02. The number of hydrogen-bond acceptors (Lipinski definition) is 6. The zero-order valence-corrected chi connectivity index (χ0v) is 13.9. The molecule has 0 aliphatic carbocycles. The number of nitro groups is 1. The lowest BCUT2D eigenvalue weighted by molar-refractivity contribution is -0.392. The number of hydrogen-bond donors (Lipinski definition) is 1. The van der Waals surface area contributed by atoms with Crippen LogP contribution in [0.2, 0.25) is 0 Å². The van der Waals surface area contributed by atoms with E-state index in [0.29, 0.717) is 5.52 Å². The molecular formula is C13H14N6O4S. The molecule has 0 bridgehead atoms. The second-order valence-electron chi connectivity index (χ2n) is 5.27. The van der Waals surface area contributed by atoms with Gasteiger partial charge in [-0.1, -0.05) is 0 Å². The van der Waals surface area contributed by atoms with Crippen LogP contribution in [-0.4, -0.2) is 32.7 Å². The number of benzene rings is 1. The van der Waals surface area contributed by atoms with E-state index < -0.39 is 25.7 Å². The van der Waals surface area contributed by atoms with Crippen molar-refractivity contribution in [1.82, 2.24) is 19.3 Å². The quantitative estimate of drug-likeness (QED) is 0.559. The van der Waals surface area contributed by atoms with E-state index in [2.05, 4.69) is 14.8 Å². The summed E-state index contributed by atoms with van der Waals surface area (Å²) in [5.41, 5.74) is 1.73. The highest BCUT2D eigenvalue weighted by atomic mass is 32.2. The summed E-state index contributed by atoms with van der Waals surface area (Å²) < 4.78 is 30.2. The normalized spacial score (nSPS) is 11.8. The van der Waals surface area contributed by atoms with Crippen molar-refractivity contribution in [2.24, 2.45) is 14.1 Å². The summed E-state index contributed by atoms with van der Waals surface area (Å²) in [6.07, 6.45) is 1.09. The Labute approximate surface area is 136 Å². The van der Waals surface area contributed by atoms with E-state index in [9.17, 15) is 18.5 Å². The first kappa shape index (κ1) is 15.9. The molecule has 11 heteroatoms. The molecule has 3 aromatic rings. The minimum atomic E-state index is -4.15. The maximum Gasteiger partial charge on any atom is 0.410 e. The second kappa shape index (κ2) is 5.30. The van der Waals surface area contributed by atoms with Gasteiger partial charge in [0.05, 0.1) is 35.1 Å². The SMILES string of the molecule is Cc1nc2cc(NS(=O)(=O)c3cn(C)nc3[N+](=O)[O-])ccc2n1C. The summed E-state index contributed by atoms with van der Waals surface area (Å²) in [6.45, 7) is 1.84. The molecule has 0 radical (unpaired) electrons. The third kappa shape index (κ3) is 2.58. The number of imidazole rings is 1. The van der Waals surface area contributed by atoms with Crippen molar-refractivity contribution >= 4 is 32.6 Å². The van der Waals surface area contributed by atoms with Gasteiger partial charge in [0.25, 0.3) is 10.0 Å². The molecule has 0 fully saturated rings. The maximum atomic E-state index is 12.5. The van der Waals surface area contributed by atoms with Crippen molar-refractivity contribution in [1.29, 1.82) is 0 Å². The van der Waals surface area contributed by atoms with Gasteiger partial charge in [-0.15, -0.1) is 0 Å². The molecule has 2 heterocycles. The minimum absolute atomic E-state index is 0.263. The highest BCUT2D eigenvalue weighted by molar-refractivity contribution is 7.92. The van der Waals surface area contributed by atoms with Crippen LogP contribution < -0.4 is 4.72 Å². The standard InChI is InChI=1S/C13H14N6O4S/c1-8-14-10-6-9(4-5-11(10)18(8)3)16-24(22,23)12-7-17(2)15-13(12)19(20)21/h4-7,16H,1-3H3. The Morgan fingerprint density at radius 1 is 1.29 bits per heavy atom. The summed E-state index contributed by atoms with van der Waals surface area (Å²) in [6, 6.07) is 4.87. The smallest absolute Gasteiger partial charge is 0.358 e. The number of aryl methyl sites for hydroxylation is 3. The van der Waals surface area contributed by atoms with Crippen molar-refractivity contribution in [3.63, 3.8) is 0 Å². The summed E-state index contributed by atoms with van der Waals surface area (Å²) in [4.78, 5) is 14.0. The molecule has 1 aromatic carbocycles. The van der Waals surface area contributed by atoms with Crippen LogP contribution in [0.5, 0.6) is 0 Å². The largest absolute Gasteiger partial charge is 0.410 e. The van der Waals surface area contributed by atoms with E-state index in [0.717, 1.165) is 22.2 Å². The number of fused-ring (bicyclic) bond motifs is 1. The zero-order chi connectivity index (χ0) is 17.6. The fraction of sp³-hybridized carbons (Fsp3) is 0.231. The molecule has 0 saturated heterocycles. The van der Waals surface area contributed by atoms with Crippen LogP contribution >= 0.6 is 0 Å². The molecule has 24 heavy (non-hydrogen) atoms. The predicted molar refractivity (Wildman–Crippen MR) is 86.1 cm³/mol. The number of anilines is 1. The average Bonchev–Trinajstić information content (AvgIpc) is 3.01. The molecular weight excluding hydrogens is 336 g/mol. The Hall–Kier alpha value is -2.95. The van der Waals surface area contributed by atoms with Gasteiger partial charge in [-0.2, -0.15) is 4.68 Å². The predicted octanol–water partition coefficient (Wildman–Crippen LogP) is 1.32. The lowest BCUT2D eigenvalue weighted by atomic mass is 10.3. The molecule has 0 amide bonds. The van der Waals surface area contributed by atoms with E-state index in [1.165, 1.54) is 7.05 Å². The molecule has 0 aliphatic rings. The molecule has 0 atom stereocenters. The molecule has 126 valence electrons. The van der Waals surface area contributed by atoms with Crippen LogP contribution in [0.4, 0.5) is 11.5 Å². The van der Waals surface area contributed by atoms with E-state index >= 15 is 0 Å². The van der Waals surface area contributed by atoms with Crippen LogP contribution in [0.3, 0.4) is 0 Å². The average molecular weight is 350 g/mol. The van der Waals surface area contributed by atoms with E-state index in [4.69, 9.17) is 0 Å². The van der Waals surface area contributed by atoms with Gasteiger partial charge in [-0.3, -0.25) is 4.72 Å². The first-order chi connectivity index (χ1) is 11.2. The van der Waals surface area contributed by atoms with E-state index in [1.54, 1.807) is 18.2 Å². The van der Waals surface area contributed by atoms with Crippen LogP contribution in [0, 0.1) is 17.0 Å². The zero-order valence-electron chi connectivity index (χ0n) is 13.1.